The first-order valence-corrected chi connectivity index (χ1v) is 7.09. The number of ether oxygens (including phenoxy) is 1. The van der Waals surface area contributed by atoms with E-state index >= 15 is 0 Å². The van der Waals surface area contributed by atoms with Crippen LogP contribution in [0, 0.1) is 5.92 Å². The van der Waals surface area contributed by atoms with Crippen molar-refractivity contribution in [3.05, 3.63) is 24.3 Å². The SMILES string of the molecule is CN(C)CC1CCN(c2ccc(OC(F)(F)F)cc2)CC1. The summed E-state index contributed by atoms with van der Waals surface area (Å²) in [7, 11) is 4.15. The van der Waals surface area contributed by atoms with Crippen molar-refractivity contribution < 1.29 is 17.9 Å². The van der Waals surface area contributed by atoms with Gasteiger partial charge >= 0.3 is 6.36 Å². The van der Waals surface area contributed by atoms with E-state index in [1.54, 1.807) is 12.1 Å². The molecule has 118 valence electrons. The van der Waals surface area contributed by atoms with Crippen LogP contribution in [0.2, 0.25) is 0 Å². The predicted octanol–water partition coefficient (Wildman–Crippen LogP) is 3.36. The number of benzene rings is 1. The molecule has 6 heteroatoms. The van der Waals surface area contributed by atoms with Gasteiger partial charge in [-0.15, -0.1) is 13.2 Å². The molecule has 1 fully saturated rings. The lowest BCUT2D eigenvalue weighted by molar-refractivity contribution is -0.274. The lowest BCUT2D eigenvalue weighted by atomic mass is 9.96. The zero-order valence-corrected chi connectivity index (χ0v) is 12.4. The normalized spacial score (nSPS) is 17.3. The summed E-state index contributed by atoms with van der Waals surface area (Å²) < 4.78 is 40.2. The molecule has 3 nitrogen and oxygen atoms in total. The fraction of sp³-hybridized carbons (Fsp3) is 0.600. The molecule has 2 rings (SSSR count). The molecule has 21 heavy (non-hydrogen) atoms. The highest BCUT2D eigenvalue weighted by Gasteiger charge is 2.31. The Morgan fingerprint density at radius 2 is 1.71 bits per heavy atom. The van der Waals surface area contributed by atoms with Gasteiger partial charge in [0.25, 0.3) is 0 Å². The van der Waals surface area contributed by atoms with Crippen molar-refractivity contribution in [2.45, 2.75) is 19.2 Å². The summed E-state index contributed by atoms with van der Waals surface area (Å²) in [5.74, 6) is 0.526. The lowest BCUT2D eigenvalue weighted by Crippen LogP contribution is -2.37. The number of halogens is 3. The van der Waals surface area contributed by atoms with Gasteiger partial charge < -0.3 is 14.5 Å². The van der Waals surface area contributed by atoms with Crippen LogP contribution in [0.25, 0.3) is 0 Å². The Hall–Kier alpha value is -1.43. The number of piperidine rings is 1. The summed E-state index contributed by atoms with van der Waals surface area (Å²) in [6.07, 6.45) is -2.41. The number of anilines is 1. The molecule has 0 saturated carbocycles. The van der Waals surface area contributed by atoms with Crippen LogP contribution in [0.15, 0.2) is 24.3 Å². The number of hydrogen-bond donors (Lipinski definition) is 0. The Morgan fingerprint density at radius 1 is 1.14 bits per heavy atom. The fourth-order valence-corrected chi connectivity index (χ4v) is 2.75. The Bertz CT molecular complexity index is 437. The van der Waals surface area contributed by atoms with E-state index in [9.17, 15) is 13.2 Å². The molecule has 1 aliphatic heterocycles. The maximum Gasteiger partial charge on any atom is 0.573 e. The highest BCUT2D eigenvalue weighted by atomic mass is 19.4. The minimum absolute atomic E-state index is 0.172. The maximum absolute atomic E-state index is 12.1. The van der Waals surface area contributed by atoms with E-state index in [0.717, 1.165) is 38.2 Å². The third kappa shape index (κ3) is 5.12. The van der Waals surface area contributed by atoms with Gasteiger partial charge in [0, 0.05) is 25.3 Å². The van der Waals surface area contributed by atoms with Crippen LogP contribution in [0.4, 0.5) is 18.9 Å². The van der Waals surface area contributed by atoms with Gasteiger partial charge in [-0.25, -0.2) is 0 Å². The number of nitrogens with zero attached hydrogens (tertiary/aromatic N) is 2. The number of alkyl halides is 3. The third-order valence-electron chi connectivity index (χ3n) is 3.67. The smallest absolute Gasteiger partial charge is 0.406 e. The first kappa shape index (κ1) is 15.9. The number of rotatable bonds is 4. The minimum atomic E-state index is -4.63. The van der Waals surface area contributed by atoms with Crippen molar-refractivity contribution in [1.82, 2.24) is 4.90 Å². The second kappa shape index (κ2) is 6.56. The minimum Gasteiger partial charge on any atom is -0.406 e. The summed E-state index contributed by atoms with van der Waals surface area (Å²) in [4.78, 5) is 4.41. The average Bonchev–Trinajstić information content (AvgIpc) is 2.38. The van der Waals surface area contributed by atoms with Gasteiger partial charge in [-0.1, -0.05) is 0 Å². The van der Waals surface area contributed by atoms with Crippen molar-refractivity contribution in [1.29, 1.82) is 0 Å². The Kier molecular flexibility index (Phi) is 4.98. The van der Waals surface area contributed by atoms with E-state index in [1.165, 1.54) is 12.1 Å². The third-order valence-corrected chi connectivity index (χ3v) is 3.67. The van der Waals surface area contributed by atoms with E-state index in [-0.39, 0.29) is 5.75 Å². The maximum atomic E-state index is 12.1. The molecular formula is C15H21F3N2O. The molecule has 0 spiro atoms. The second-order valence-electron chi connectivity index (χ2n) is 5.73. The van der Waals surface area contributed by atoms with Gasteiger partial charge in [-0.2, -0.15) is 0 Å². The summed E-state index contributed by atoms with van der Waals surface area (Å²) >= 11 is 0. The summed E-state index contributed by atoms with van der Waals surface area (Å²) in [5, 5.41) is 0. The highest BCUT2D eigenvalue weighted by molar-refractivity contribution is 5.49. The van der Waals surface area contributed by atoms with Gasteiger partial charge in [0.2, 0.25) is 0 Å². The molecule has 0 N–H and O–H groups in total. The Morgan fingerprint density at radius 3 is 2.19 bits per heavy atom. The molecule has 0 bridgehead atoms. The van der Waals surface area contributed by atoms with Gasteiger partial charge in [-0.3, -0.25) is 0 Å². The van der Waals surface area contributed by atoms with Crippen LogP contribution in [-0.2, 0) is 0 Å². The van der Waals surface area contributed by atoms with E-state index in [0.29, 0.717) is 5.92 Å². The van der Waals surface area contributed by atoms with E-state index in [1.807, 2.05) is 0 Å². The molecule has 0 aromatic heterocycles. The molecule has 0 atom stereocenters. The van der Waals surface area contributed by atoms with Gasteiger partial charge in [-0.05, 0) is 57.1 Å². The first-order chi connectivity index (χ1) is 9.83. The van der Waals surface area contributed by atoms with Crippen LogP contribution in [0.3, 0.4) is 0 Å². The molecule has 0 radical (unpaired) electrons. The molecule has 1 heterocycles. The van der Waals surface area contributed by atoms with E-state index in [2.05, 4.69) is 28.6 Å². The molecule has 1 aliphatic rings. The molecule has 1 aromatic rings. The quantitative estimate of drug-likeness (QED) is 0.848. The summed E-state index contributed by atoms with van der Waals surface area (Å²) in [5.41, 5.74) is 0.952. The lowest BCUT2D eigenvalue weighted by Gasteiger charge is -2.34. The molecule has 0 unspecified atom stereocenters. The molecular weight excluding hydrogens is 281 g/mol. The molecule has 0 aliphatic carbocycles. The Balaban J connectivity index is 1.89. The molecule has 1 saturated heterocycles. The summed E-state index contributed by atoms with van der Waals surface area (Å²) in [6.45, 7) is 2.97. The zero-order valence-electron chi connectivity index (χ0n) is 12.4. The van der Waals surface area contributed by atoms with Gasteiger partial charge in [0.05, 0.1) is 0 Å². The number of hydrogen-bond acceptors (Lipinski definition) is 3. The van der Waals surface area contributed by atoms with Crippen molar-refractivity contribution >= 4 is 5.69 Å². The monoisotopic (exact) mass is 302 g/mol. The fourth-order valence-electron chi connectivity index (χ4n) is 2.75. The molecule has 1 aromatic carbocycles. The van der Waals surface area contributed by atoms with E-state index in [4.69, 9.17) is 0 Å². The van der Waals surface area contributed by atoms with E-state index < -0.39 is 6.36 Å². The van der Waals surface area contributed by atoms with Crippen molar-refractivity contribution in [2.24, 2.45) is 5.92 Å². The van der Waals surface area contributed by atoms with Crippen LogP contribution in [0.5, 0.6) is 5.75 Å². The van der Waals surface area contributed by atoms with Crippen LogP contribution in [-0.4, -0.2) is 45.0 Å². The Labute approximate surface area is 123 Å². The van der Waals surface area contributed by atoms with Crippen molar-refractivity contribution in [3.63, 3.8) is 0 Å². The highest BCUT2D eigenvalue weighted by Crippen LogP contribution is 2.27. The first-order valence-electron chi connectivity index (χ1n) is 7.09. The van der Waals surface area contributed by atoms with Crippen LogP contribution < -0.4 is 9.64 Å². The predicted molar refractivity (Wildman–Crippen MR) is 76.6 cm³/mol. The molecule has 0 amide bonds. The average molecular weight is 302 g/mol. The summed E-state index contributed by atoms with van der Waals surface area (Å²) in [6, 6.07) is 6.12. The van der Waals surface area contributed by atoms with Crippen LogP contribution in [0.1, 0.15) is 12.8 Å². The van der Waals surface area contributed by atoms with Crippen molar-refractivity contribution in [2.75, 3.05) is 38.6 Å². The van der Waals surface area contributed by atoms with Gasteiger partial charge in [0.15, 0.2) is 0 Å². The zero-order chi connectivity index (χ0) is 15.5. The van der Waals surface area contributed by atoms with Crippen LogP contribution >= 0.6 is 0 Å². The second-order valence-corrected chi connectivity index (χ2v) is 5.73. The van der Waals surface area contributed by atoms with Gasteiger partial charge in [0.1, 0.15) is 5.75 Å². The topological polar surface area (TPSA) is 15.7 Å². The largest absolute Gasteiger partial charge is 0.573 e. The van der Waals surface area contributed by atoms with Crippen molar-refractivity contribution in [3.8, 4) is 5.75 Å². The standard InChI is InChI=1S/C15H21F3N2O/c1-19(2)11-12-7-9-20(10-8-12)13-3-5-14(6-4-13)21-15(16,17)18/h3-6,12H,7-11H2,1-2H3.